The van der Waals surface area contributed by atoms with Gasteiger partial charge in [-0.15, -0.1) is 0 Å². The Morgan fingerprint density at radius 3 is 2.44 bits per heavy atom. The lowest BCUT2D eigenvalue weighted by atomic mass is 9.78. The second-order valence-corrected chi connectivity index (χ2v) is 5.44. The highest BCUT2D eigenvalue weighted by atomic mass is 16.5. The van der Waals surface area contributed by atoms with E-state index >= 15 is 0 Å². The molecule has 1 aliphatic rings. The molecular weight excluding hydrogens is 200 g/mol. The van der Waals surface area contributed by atoms with Gasteiger partial charge >= 0.3 is 0 Å². The zero-order valence-electron chi connectivity index (χ0n) is 11.5. The Kier molecular flexibility index (Phi) is 5.73. The lowest BCUT2D eigenvalue weighted by Crippen LogP contribution is -2.53. The van der Waals surface area contributed by atoms with Crippen LogP contribution in [0.4, 0.5) is 0 Å². The molecule has 3 atom stereocenters. The van der Waals surface area contributed by atoms with Crippen molar-refractivity contribution in [2.75, 3.05) is 27.3 Å². The average molecular weight is 228 g/mol. The van der Waals surface area contributed by atoms with Crippen molar-refractivity contribution in [1.29, 1.82) is 0 Å². The molecule has 96 valence electrons. The molecule has 0 aromatic carbocycles. The first kappa shape index (κ1) is 13.9. The summed E-state index contributed by atoms with van der Waals surface area (Å²) in [6.07, 6.45) is 2.71. The Hall–Kier alpha value is -0.120. The molecule has 0 amide bonds. The molecule has 3 unspecified atom stereocenters. The summed E-state index contributed by atoms with van der Waals surface area (Å²) in [7, 11) is 4.01. The number of hydrogen-bond donors (Lipinski definition) is 1. The van der Waals surface area contributed by atoms with Crippen molar-refractivity contribution in [3.63, 3.8) is 0 Å². The van der Waals surface area contributed by atoms with Crippen LogP contribution in [0.15, 0.2) is 0 Å². The molecule has 0 aromatic rings. The summed E-state index contributed by atoms with van der Waals surface area (Å²) in [6.45, 7) is 8.66. The Bertz CT molecular complexity index is 196. The molecule has 0 aliphatic heterocycles. The summed E-state index contributed by atoms with van der Waals surface area (Å²) in [6, 6.07) is 1.87. The van der Waals surface area contributed by atoms with Crippen LogP contribution in [0.3, 0.4) is 0 Å². The number of ether oxygens (including phenoxy) is 1. The van der Waals surface area contributed by atoms with E-state index in [4.69, 9.17) is 4.74 Å². The van der Waals surface area contributed by atoms with Crippen LogP contribution < -0.4 is 5.32 Å². The van der Waals surface area contributed by atoms with Gasteiger partial charge in [-0.1, -0.05) is 13.8 Å². The molecule has 0 heterocycles. The fraction of sp³-hybridized carbons (Fsp3) is 1.00. The maximum atomic E-state index is 5.22. The molecule has 1 rings (SSSR count). The van der Waals surface area contributed by atoms with E-state index in [1.807, 2.05) is 0 Å². The monoisotopic (exact) mass is 228 g/mol. The maximum Gasteiger partial charge on any atom is 0.0615 e. The SMILES string of the molecule is COCC(C)N(C)C1CCC1CNC(C)C. The quantitative estimate of drug-likeness (QED) is 0.718. The third-order valence-electron chi connectivity index (χ3n) is 3.79. The van der Waals surface area contributed by atoms with Crippen LogP contribution in [-0.4, -0.2) is 50.3 Å². The van der Waals surface area contributed by atoms with Crippen LogP contribution in [0.5, 0.6) is 0 Å². The largest absolute Gasteiger partial charge is 0.383 e. The molecule has 0 aromatic heterocycles. The summed E-state index contributed by atoms with van der Waals surface area (Å²) in [4.78, 5) is 2.49. The minimum absolute atomic E-state index is 0.525. The van der Waals surface area contributed by atoms with Gasteiger partial charge in [-0.25, -0.2) is 0 Å². The summed E-state index contributed by atoms with van der Waals surface area (Å²) in [5.41, 5.74) is 0. The average Bonchev–Trinajstić information content (AvgIpc) is 2.16. The summed E-state index contributed by atoms with van der Waals surface area (Å²) >= 11 is 0. The van der Waals surface area contributed by atoms with Crippen molar-refractivity contribution < 1.29 is 4.74 Å². The van der Waals surface area contributed by atoms with E-state index in [1.165, 1.54) is 12.8 Å². The topological polar surface area (TPSA) is 24.5 Å². The van der Waals surface area contributed by atoms with Crippen LogP contribution in [0.25, 0.3) is 0 Å². The number of hydrogen-bond acceptors (Lipinski definition) is 3. The van der Waals surface area contributed by atoms with Crippen LogP contribution >= 0.6 is 0 Å². The summed E-state index contributed by atoms with van der Waals surface area (Å²) < 4.78 is 5.22. The van der Waals surface area contributed by atoms with Crippen LogP contribution in [0.1, 0.15) is 33.6 Å². The van der Waals surface area contributed by atoms with Gasteiger partial charge in [0.25, 0.3) is 0 Å². The second kappa shape index (κ2) is 6.58. The van der Waals surface area contributed by atoms with E-state index in [-0.39, 0.29) is 0 Å². The lowest BCUT2D eigenvalue weighted by Gasteiger charge is -2.45. The van der Waals surface area contributed by atoms with Gasteiger partial charge in [0, 0.05) is 25.2 Å². The fourth-order valence-electron chi connectivity index (χ4n) is 2.40. The van der Waals surface area contributed by atoms with E-state index in [0.717, 1.165) is 25.1 Å². The minimum atomic E-state index is 0.525. The van der Waals surface area contributed by atoms with Gasteiger partial charge in [0.05, 0.1) is 6.61 Å². The van der Waals surface area contributed by atoms with Crippen LogP contribution in [0, 0.1) is 5.92 Å². The first-order valence-corrected chi connectivity index (χ1v) is 6.50. The predicted octanol–water partition coefficient (Wildman–Crippen LogP) is 1.73. The molecule has 1 N–H and O–H groups in total. The highest BCUT2D eigenvalue weighted by molar-refractivity contribution is 4.90. The second-order valence-electron chi connectivity index (χ2n) is 5.44. The van der Waals surface area contributed by atoms with E-state index < -0.39 is 0 Å². The van der Waals surface area contributed by atoms with Gasteiger partial charge in [0.1, 0.15) is 0 Å². The Balaban J connectivity index is 2.30. The molecular formula is C13H28N2O. The van der Waals surface area contributed by atoms with Gasteiger partial charge in [-0.05, 0) is 39.3 Å². The lowest BCUT2D eigenvalue weighted by molar-refractivity contribution is 0.0229. The number of likely N-dealkylation sites (N-methyl/N-ethyl adjacent to an activating group) is 1. The summed E-state index contributed by atoms with van der Waals surface area (Å²) in [5.74, 6) is 0.826. The zero-order chi connectivity index (χ0) is 12.1. The van der Waals surface area contributed by atoms with Crippen molar-refractivity contribution in [1.82, 2.24) is 10.2 Å². The number of methoxy groups -OCH3 is 1. The first-order chi connectivity index (χ1) is 7.56. The molecule has 1 aliphatic carbocycles. The fourth-order valence-corrected chi connectivity index (χ4v) is 2.40. The van der Waals surface area contributed by atoms with Crippen molar-refractivity contribution in [2.45, 2.75) is 51.7 Å². The third kappa shape index (κ3) is 3.72. The standard InChI is InChI=1S/C13H28N2O/c1-10(2)14-8-12-6-7-13(12)15(4)11(3)9-16-5/h10-14H,6-9H2,1-5H3. The number of rotatable bonds is 7. The minimum Gasteiger partial charge on any atom is -0.383 e. The Morgan fingerprint density at radius 1 is 1.31 bits per heavy atom. The van der Waals surface area contributed by atoms with Crippen molar-refractivity contribution in [3.8, 4) is 0 Å². The highest BCUT2D eigenvalue weighted by Crippen LogP contribution is 2.32. The molecule has 3 heteroatoms. The van der Waals surface area contributed by atoms with E-state index in [2.05, 4.69) is 38.0 Å². The van der Waals surface area contributed by atoms with Gasteiger partial charge in [0.15, 0.2) is 0 Å². The zero-order valence-corrected chi connectivity index (χ0v) is 11.5. The van der Waals surface area contributed by atoms with Gasteiger partial charge in [-0.2, -0.15) is 0 Å². The van der Waals surface area contributed by atoms with E-state index in [1.54, 1.807) is 7.11 Å². The van der Waals surface area contributed by atoms with Crippen LogP contribution in [0.2, 0.25) is 0 Å². The normalized spacial score (nSPS) is 27.2. The first-order valence-electron chi connectivity index (χ1n) is 6.50. The van der Waals surface area contributed by atoms with E-state index in [0.29, 0.717) is 12.1 Å². The number of nitrogens with zero attached hydrogens (tertiary/aromatic N) is 1. The molecule has 16 heavy (non-hydrogen) atoms. The third-order valence-corrected chi connectivity index (χ3v) is 3.79. The highest BCUT2D eigenvalue weighted by Gasteiger charge is 2.35. The van der Waals surface area contributed by atoms with Crippen molar-refractivity contribution in [3.05, 3.63) is 0 Å². The molecule has 1 saturated carbocycles. The van der Waals surface area contributed by atoms with Crippen molar-refractivity contribution in [2.24, 2.45) is 5.92 Å². The van der Waals surface area contributed by atoms with Crippen molar-refractivity contribution >= 4 is 0 Å². The molecule has 0 radical (unpaired) electrons. The Morgan fingerprint density at radius 2 is 2.00 bits per heavy atom. The molecule has 0 spiro atoms. The van der Waals surface area contributed by atoms with Crippen LogP contribution in [-0.2, 0) is 4.74 Å². The molecule has 0 bridgehead atoms. The maximum absolute atomic E-state index is 5.22. The van der Waals surface area contributed by atoms with Gasteiger partial charge < -0.3 is 10.1 Å². The molecule has 1 fully saturated rings. The predicted molar refractivity (Wildman–Crippen MR) is 68.8 cm³/mol. The van der Waals surface area contributed by atoms with E-state index in [9.17, 15) is 0 Å². The summed E-state index contributed by atoms with van der Waals surface area (Å²) in [5, 5.41) is 3.55. The van der Waals surface area contributed by atoms with Gasteiger partial charge in [0.2, 0.25) is 0 Å². The number of nitrogens with one attached hydrogen (secondary N) is 1. The van der Waals surface area contributed by atoms with Gasteiger partial charge in [-0.3, -0.25) is 4.90 Å². The smallest absolute Gasteiger partial charge is 0.0615 e. The molecule has 0 saturated heterocycles. The Labute approximate surface area is 101 Å². The molecule has 3 nitrogen and oxygen atoms in total.